The SMILES string of the molecule is C=C(C)C(=O)OCCCC.CCCCOCC1CO1. The molecule has 0 N–H and O–H groups in total. The zero-order valence-electron chi connectivity index (χ0n) is 12.6. The number of ether oxygens (including phenoxy) is 3. The van der Waals surface area contributed by atoms with Crippen molar-refractivity contribution in [3.8, 4) is 0 Å². The molecule has 112 valence electrons. The van der Waals surface area contributed by atoms with E-state index in [9.17, 15) is 4.79 Å². The van der Waals surface area contributed by atoms with Gasteiger partial charge in [-0.1, -0.05) is 33.3 Å². The fourth-order valence-electron chi connectivity index (χ4n) is 1.06. The second-order valence-electron chi connectivity index (χ2n) is 4.65. The van der Waals surface area contributed by atoms with Crippen LogP contribution in [0.25, 0.3) is 0 Å². The van der Waals surface area contributed by atoms with Gasteiger partial charge in [-0.15, -0.1) is 0 Å². The highest BCUT2D eigenvalue weighted by Crippen LogP contribution is 2.08. The average molecular weight is 272 g/mol. The zero-order valence-corrected chi connectivity index (χ0v) is 12.6. The fourth-order valence-corrected chi connectivity index (χ4v) is 1.06. The maximum absolute atomic E-state index is 10.7. The van der Waals surface area contributed by atoms with Crippen molar-refractivity contribution in [1.29, 1.82) is 0 Å². The molecule has 1 rings (SSSR count). The molecular weight excluding hydrogens is 244 g/mol. The summed E-state index contributed by atoms with van der Waals surface area (Å²) in [5, 5.41) is 0. The first-order chi connectivity index (χ1) is 9.11. The van der Waals surface area contributed by atoms with E-state index in [0.717, 1.165) is 32.7 Å². The van der Waals surface area contributed by atoms with E-state index in [1.165, 1.54) is 12.8 Å². The van der Waals surface area contributed by atoms with Gasteiger partial charge in [0.05, 0.1) is 19.8 Å². The summed E-state index contributed by atoms with van der Waals surface area (Å²) in [5.74, 6) is -0.284. The molecule has 0 aromatic rings. The summed E-state index contributed by atoms with van der Waals surface area (Å²) in [6.45, 7) is 12.4. The van der Waals surface area contributed by atoms with E-state index in [0.29, 0.717) is 18.3 Å². The van der Waals surface area contributed by atoms with Crippen molar-refractivity contribution in [2.24, 2.45) is 0 Å². The third-order valence-electron chi connectivity index (χ3n) is 2.43. The monoisotopic (exact) mass is 272 g/mol. The van der Waals surface area contributed by atoms with Crippen LogP contribution in [0.15, 0.2) is 12.2 Å². The van der Waals surface area contributed by atoms with Crippen LogP contribution >= 0.6 is 0 Å². The second-order valence-corrected chi connectivity index (χ2v) is 4.65. The van der Waals surface area contributed by atoms with E-state index >= 15 is 0 Å². The fraction of sp³-hybridized carbons (Fsp3) is 0.800. The lowest BCUT2D eigenvalue weighted by Crippen LogP contribution is -2.05. The molecule has 1 saturated heterocycles. The number of hydrogen-bond donors (Lipinski definition) is 0. The smallest absolute Gasteiger partial charge is 0.333 e. The van der Waals surface area contributed by atoms with Gasteiger partial charge in [0.15, 0.2) is 0 Å². The molecule has 1 aliphatic rings. The van der Waals surface area contributed by atoms with Crippen molar-refractivity contribution < 1.29 is 19.0 Å². The van der Waals surface area contributed by atoms with Crippen LogP contribution in [0.2, 0.25) is 0 Å². The van der Waals surface area contributed by atoms with Crippen LogP contribution < -0.4 is 0 Å². The molecule has 0 aromatic heterocycles. The highest BCUT2D eigenvalue weighted by molar-refractivity contribution is 5.86. The van der Waals surface area contributed by atoms with E-state index in [4.69, 9.17) is 14.2 Å². The van der Waals surface area contributed by atoms with Crippen molar-refractivity contribution in [3.05, 3.63) is 12.2 Å². The maximum Gasteiger partial charge on any atom is 0.333 e. The maximum atomic E-state index is 10.7. The van der Waals surface area contributed by atoms with Gasteiger partial charge in [0.1, 0.15) is 6.10 Å². The molecule has 0 bridgehead atoms. The highest BCUT2D eigenvalue weighted by Gasteiger charge is 2.21. The molecule has 4 heteroatoms. The Labute approximate surface area is 117 Å². The van der Waals surface area contributed by atoms with Crippen LogP contribution in [-0.4, -0.2) is 38.5 Å². The molecular formula is C15H28O4. The number of epoxide rings is 1. The molecule has 4 nitrogen and oxygen atoms in total. The summed E-state index contributed by atoms with van der Waals surface area (Å²) in [5.41, 5.74) is 0.469. The van der Waals surface area contributed by atoms with E-state index < -0.39 is 0 Å². The van der Waals surface area contributed by atoms with Crippen LogP contribution in [0.1, 0.15) is 46.5 Å². The summed E-state index contributed by atoms with van der Waals surface area (Å²) < 4.78 is 15.0. The molecule has 0 aromatic carbocycles. The van der Waals surface area contributed by atoms with Gasteiger partial charge in [-0.05, 0) is 19.8 Å². The largest absolute Gasteiger partial charge is 0.462 e. The Balaban J connectivity index is 0.000000342. The Bertz CT molecular complexity index is 247. The van der Waals surface area contributed by atoms with Gasteiger partial charge in [0.25, 0.3) is 0 Å². The molecule has 19 heavy (non-hydrogen) atoms. The molecule has 1 heterocycles. The number of carbonyl (C=O) groups excluding carboxylic acids is 1. The molecule has 0 spiro atoms. The predicted octanol–water partition coefficient (Wildman–Crippen LogP) is 3.11. The lowest BCUT2D eigenvalue weighted by Gasteiger charge is -2.01. The third kappa shape index (κ3) is 13.4. The highest BCUT2D eigenvalue weighted by atomic mass is 16.6. The van der Waals surface area contributed by atoms with Crippen molar-refractivity contribution in [2.45, 2.75) is 52.6 Å². The molecule has 0 aliphatic carbocycles. The quantitative estimate of drug-likeness (QED) is 0.280. The number of carbonyl (C=O) groups is 1. The van der Waals surface area contributed by atoms with E-state index in [1.54, 1.807) is 6.92 Å². The molecule has 0 radical (unpaired) electrons. The Kier molecular flexibility index (Phi) is 11.6. The van der Waals surface area contributed by atoms with E-state index in [1.807, 2.05) is 0 Å². The first-order valence-corrected chi connectivity index (χ1v) is 7.13. The van der Waals surface area contributed by atoms with Crippen molar-refractivity contribution in [2.75, 3.05) is 26.4 Å². The van der Waals surface area contributed by atoms with Crippen LogP contribution in [-0.2, 0) is 19.0 Å². The lowest BCUT2D eigenvalue weighted by atomic mass is 10.3. The summed E-state index contributed by atoms with van der Waals surface area (Å²) in [6, 6.07) is 0. The summed E-state index contributed by atoms with van der Waals surface area (Å²) in [4.78, 5) is 10.7. The van der Waals surface area contributed by atoms with Gasteiger partial charge in [0.2, 0.25) is 0 Å². The number of unbranched alkanes of at least 4 members (excludes halogenated alkanes) is 2. The molecule has 1 fully saturated rings. The minimum atomic E-state index is -0.284. The van der Waals surface area contributed by atoms with Gasteiger partial charge >= 0.3 is 5.97 Å². The molecule has 1 unspecified atom stereocenters. The van der Waals surface area contributed by atoms with Crippen molar-refractivity contribution >= 4 is 5.97 Å². The van der Waals surface area contributed by atoms with Gasteiger partial charge in [0, 0.05) is 12.2 Å². The van der Waals surface area contributed by atoms with Crippen LogP contribution in [0.3, 0.4) is 0 Å². The first-order valence-electron chi connectivity index (χ1n) is 7.13. The Morgan fingerprint density at radius 3 is 2.32 bits per heavy atom. The topological polar surface area (TPSA) is 48.1 Å². The third-order valence-corrected chi connectivity index (χ3v) is 2.43. The van der Waals surface area contributed by atoms with Crippen LogP contribution in [0.5, 0.6) is 0 Å². The van der Waals surface area contributed by atoms with E-state index in [2.05, 4.69) is 20.4 Å². The summed E-state index contributed by atoms with van der Waals surface area (Å²) >= 11 is 0. The molecule has 0 amide bonds. The predicted molar refractivity (Wildman–Crippen MR) is 76.1 cm³/mol. The lowest BCUT2D eigenvalue weighted by molar-refractivity contribution is -0.139. The Morgan fingerprint density at radius 2 is 1.84 bits per heavy atom. The average Bonchev–Trinajstić information content (AvgIpc) is 3.19. The normalized spacial score (nSPS) is 16.3. The summed E-state index contributed by atoms with van der Waals surface area (Å²) in [7, 11) is 0. The summed E-state index contributed by atoms with van der Waals surface area (Å²) in [6.07, 6.45) is 4.79. The van der Waals surface area contributed by atoms with Crippen LogP contribution in [0.4, 0.5) is 0 Å². The van der Waals surface area contributed by atoms with Crippen LogP contribution in [0, 0.1) is 0 Å². The minimum absolute atomic E-state index is 0.284. The minimum Gasteiger partial charge on any atom is -0.462 e. The number of esters is 1. The Morgan fingerprint density at radius 1 is 1.26 bits per heavy atom. The van der Waals surface area contributed by atoms with Crippen molar-refractivity contribution in [1.82, 2.24) is 0 Å². The van der Waals surface area contributed by atoms with Gasteiger partial charge in [-0.25, -0.2) is 4.79 Å². The zero-order chi connectivity index (χ0) is 14.5. The second kappa shape index (κ2) is 12.2. The molecule has 1 aliphatic heterocycles. The standard InChI is InChI=1S/C8H14O2.C7H14O2/c1-4-5-6-10-8(9)7(2)3;1-2-3-4-8-5-7-6-9-7/h2,4-6H2,1,3H3;7H,2-6H2,1H3. The molecule has 0 saturated carbocycles. The van der Waals surface area contributed by atoms with Gasteiger partial charge < -0.3 is 14.2 Å². The van der Waals surface area contributed by atoms with Gasteiger partial charge in [-0.3, -0.25) is 0 Å². The van der Waals surface area contributed by atoms with E-state index in [-0.39, 0.29) is 5.97 Å². The molecule has 1 atom stereocenters. The number of rotatable bonds is 9. The van der Waals surface area contributed by atoms with Crippen molar-refractivity contribution in [3.63, 3.8) is 0 Å². The number of hydrogen-bond acceptors (Lipinski definition) is 4. The first kappa shape index (κ1) is 18.1. The Hall–Kier alpha value is -0.870. The van der Waals surface area contributed by atoms with Gasteiger partial charge in [-0.2, -0.15) is 0 Å².